The van der Waals surface area contributed by atoms with Gasteiger partial charge in [0.1, 0.15) is 10.7 Å². The van der Waals surface area contributed by atoms with E-state index in [1.54, 1.807) is 0 Å². The predicted molar refractivity (Wildman–Crippen MR) is 101 cm³/mol. The van der Waals surface area contributed by atoms with Gasteiger partial charge in [-0.15, -0.1) is 11.3 Å². The number of ether oxygens (including phenoxy) is 1. The topological polar surface area (TPSA) is 55.2 Å². The summed E-state index contributed by atoms with van der Waals surface area (Å²) in [6.45, 7) is 0.924. The average Bonchev–Trinajstić information content (AvgIpc) is 3.11. The van der Waals surface area contributed by atoms with Crippen LogP contribution in [0, 0.1) is 0 Å². The molecule has 0 bridgehead atoms. The van der Waals surface area contributed by atoms with Crippen molar-refractivity contribution >= 4 is 11.3 Å². The summed E-state index contributed by atoms with van der Waals surface area (Å²) in [6.07, 6.45) is -1.96. The summed E-state index contributed by atoms with van der Waals surface area (Å²) in [5, 5.41) is 10.1. The molecule has 0 fully saturated rings. The molecule has 0 aliphatic rings. The average molecular weight is 408 g/mol. The minimum absolute atomic E-state index is 0.161. The molecular formula is C20H19F3N2O2S. The van der Waals surface area contributed by atoms with Gasteiger partial charge in [0, 0.05) is 18.4 Å². The number of hydrogen-bond donors (Lipinski definition) is 1. The van der Waals surface area contributed by atoms with Crippen molar-refractivity contribution in [1.29, 1.82) is 0 Å². The maximum atomic E-state index is 12.6. The number of thiazole rings is 1. The number of rotatable bonds is 8. The van der Waals surface area contributed by atoms with E-state index >= 15 is 0 Å². The highest BCUT2D eigenvalue weighted by molar-refractivity contribution is 7.15. The monoisotopic (exact) mass is 408 g/mol. The lowest BCUT2D eigenvalue weighted by atomic mass is 10.2. The van der Waals surface area contributed by atoms with Crippen LogP contribution in [0.4, 0.5) is 13.2 Å². The standard InChI is InChI=1S/C20H19F3N2O2S/c21-20(22,23)18-9-8-15(11-24-18)19-25-16(17(12-26)28-19)7-4-10-27-13-14-5-2-1-3-6-14/h1-3,5-6,8-9,11,26H,4,7,10,12-13H2. The van der Waals surface area contributed by atoms with Crippen molar-refractivity contribution in [3.05, 3.63) is 70.5 Å². The van der Waals surface area contributed by atoms with Crippen LogP contribution in [0.1, 0.15) is 28.2 Å². The zero-order chi connectivity index (χ0) is 20.0. The first-order valence-electron chi connectivity index (χ1n) is 8.72. The van der Waals surface area contributed by atoms with Crippen LogP contribution in [0.25, 0.3) is 10.6 Å². The molecule has 0 saturated heterocycles. The molecule has 0 radical (unpaired) electrons. The summed E-state index contributed by atoms with van der Waals surface area (Å²) in [6, 6.07) is 12.1. The molecule has 0 aliphatic heterocycles. The van der Waals surface area contributed by atoms with Crippen LogP contribution in [-0.2, 0) is 30.5 Å². The van der Waals surface area contributed by atoms with Crippen molar-refractivity contribution in [2.45, 2.75) is 32.2 Å². The van der Waals surface area contributed by atoms with E-state index in [1.807, 2.05) is 30.3 Å². The summed E-state index contributed by atoms with van der Waals surface area (Å²) >= 11 is 1.26. The van der Waals surface area contributed by atoms with Crippen LogP contribution in [-0.4, -0.2) is 21.7 Å². The lowest BCUT2D eigenvalue weighted by Gasteiger charge is -2.05. The third-order valence-electron chi connectivity index (χ3n) is 4.04. The van der Waals surface area contributed by atoms with Crippen molar-refractivity contribution in [1.82, 2.24) is 9.97 Å². The molecule has 2 aromatic heterocycles. The molecule has 2 heterocycles. The van der Waals surface area contributed by atoms with Crippen molar-refractivity contribution in [2.24, 2.45) is 0 Å². The molecule has 4 nitrogen and oxygen atoms in total. The number of aryl methyl sites for hydroxylation is 1. The fourth-order valence-electron chi connectivity index (χ4n) is 2.62. The zero-order valence-corrected chi connectivity index (χ0v) is 15.8. The Balaban J connectivity index is 1.58. The summed E-state index contributed by atoms with van der Waals surface area (Å²) < 4.78 is 43.6. The van der Waals surface area contributed by atoms with Gasteiger partial charge in [-0.1, -0.05) is 30.3 Å². The lowest BCUT2D eigenvalue weighted by Crippen LogP contribution is -2.07. The highest BCUT2D eigenvalue weighted by Crippen LogP contribution is 2.31. The molecule has 3 aromatic rings. The molecule has 0 atom stereocenters. The quantitative estimate of drug-likeness (QED) is 0.541. The van der Waals surface area contributed by atoms with E-state index in [9.17, 15) is 18.3 Å². The molecule has 3 rings (SSSR count). The van der Waals surface area contributed by atoms with E-state index in [0.29, 0.717) is 35.1 Å². The summed E-state index contributed by atoms with van der Waals surface area (Å²) in [5.41, 5.74) is 1.40. The van der Waals surface area contributed by atoms with Gasteiger partial charge in [-0.05, 0) is 30.5 Å². The van der Waals surface area contributed by atoms with Crippen molar-refractivity contribution in [3.63, 3.8) is 0 Å². The van der Waals surface area contributed by atoms with Crippen LogP contribution in [0.5, 0.6) is 0 Å². The molecule has 1 N–H and O–H groups in total. The first-order chi connectivity index (χ1) is 13.5. The molecule has 28 heavy (non-hydrogen) atoms. The second-order valence-electron chi connectivity index (χ2n) is 6.12. The molecule has 0 unspecified atom stereocenters. The first-order valence-corrected chi connectivity index (χ1v) is 9.53. The second-order valence-corrected chi connectivity index (χ2v) is 7.20. The largest absolute Gasteiger partial charge is 0.433 e. The van der Waals surface area contributed by atoms with E-state index in [-0.39, 0.29) is 6.61 Å². The van der Waals surface area contributed by atoms with Crippen molar-refractivity contribution in [2.75, 3.05) is 6.61 Å². The summed E-state index contributed by atoms with van der Waals surface area (Å²) in [4.78, 5) is 8.65. The van der Waals surface area contributed by atoms with Gasteiger partial charge < -0.3 is 9.84 Å². The van der Waals surface area contributed by atoms with Gasteiger partial charge >= 0.3 is 6.18 Å². The van der Waals surface area contributed by atoms with E-state index in [4.69, 9.17) is 4.74 Å². The van der Waals surface area contributed by atoms with Gasteiger partial charge in [-0.25, -0.2) is 4.98 Å². The zero-order valence-electron chi connectivity index (χ0n) is 14.9. The smallest absolute Gasteiger partial charge is 0.391 e. The number of benzene rings is 1. The van der Waals surface area contributed by atoms with Gasteiger partial charge in [-0.3, -0.25) is 4.98 Å². The van der Waals surface area contributed by atoms with Gasteiger partial charge in [0.25, 0.3) is 0 Å². The summed E-state index contributed by atoms with van der Waals surface area (Å²) in [5.74, 6) is 0. The fourth-order valence-corrected chi connectivity index (χ4v) is 3.58. The Bertz CT molecular complexity index is 881. The molecule has 0 saturated carbocycles. The number of hydrogen-bond acceptors (Lipinski definition) is 5. The van der Waals surface area contributed by atoms with Gasteiger partial charge in [0.05, 0.1) is 23.8 Å². The number of alkyl halides is 3. The Hall–Kier alpha value is -2.29. The van der Waals surface area contributed by atoms with E-state index in [1.165, 1.54) is 17.4 Å². The fraction of sp³-hybridized carbons (Fsp3) is 0.300. The predicted octanol–water partition coefficient (Wildman–Crippen LogP) is 4.87. The molecular weight excluding hydrogens is 389 g/mol. The molecule has 0 amide bonds. The van der Waals surface area contributed by atoms with Crippen LogP contribution in [0.3, 0.4) is 0 Å². The van der Waals surface area contributed by atoms with Crippen molar-refractivity contribution in [3.8, 4) is 10.6 Å². The van der Waals surface area contributed by atoms with E-state index in [0.717, 1.165) is 29.9 Å². The number of aliphatic hydroxyl groups is 1. The second kappa shape index (κ2) is 9.27. The first kappa shape index (κ1) is 20.4. The Morgan fingerprint density at radius 3 is 2.50 bits per heavy atom. The minimum Gasteiger partial charge on any atom is -0.391 e. The van der Waals surface area contributed by atoms with Crippen LogP contribution >= 0.6 is 11.3 Å². The molecule has 1 aromatic carbocycles. The molecule has 0 aliphatic carbocycles. The Morgan fingerprint density at radius 2 is 1.86 bits per heavy atom. The Morgan fingerprint density at radius 1 is 1.07 bits per heavy atom. The van der Waals surface area contributed by atoms with E-state index in [2.05, 4.69) is 9.97 Å². The number of halogens is 3. The number of aromatic nitrogens is 2. The number of pyridine rings is 1. The van der Waals surface area contributed by atoms with Crippen LogP contribution in [0.15, 0.2) is 48.7 Å². The SMILES string of the molecule is OCc1sc(-c2ccc(C(F)(F)F)nc2)nc1CCCOCc1ccccc1. The third kappa shape index (κ3) is 5.37. The summed E-state index contributed by atoms with van der Waals surface area (Å²) in [7, 11) is 0. The van der Waals surface area contributed by atoms with Crippen LogP contribution in [0.2, 0.25) is 0 Å². The number of aliphatic hydroxyl groups excluding tert-OH is 1. The van der Waals surface area contributed by atoms with Crippen molar-refractivity contribution < 1.29 is 23.0 Å². The number of nitrogens with zero attached hydrogens (tertiary/aromatic N) is 2. The molecule has 8 heteroatoms. The van der Waals surface area contributed by atoms with Gasteiger partial charge in [0.15, 0.2) is 0 Å². The Labute approximate surface area is 164 Å². The molecule has 0 spiro atoms. The highest BCUT2D eigenvalue weighted by atomic mass is 32.1. The molecule has 148 valence electrons. The van der Waals surface area contributed by atoms with Crippen LogP contribution < -0.4 is 0 Å². The van der Waals surface area contributed by atoms with Gasteiger partial charge in [-0.2, -0.15) is 13.2 Å². The van der Waals surface area contributed by atoms with Gasteiger partial charge in [0.2, 0.25) is 0 Å². The van der Waals surface area contributed by atoms with E-state index < -0.39 is 11.9 Å². The third-order valence-corrected chi connectivity index (χ3v) is 5.17. The lowest BCUT2D eigenvalue weighted by molar-refractivity contribution is -0.141. The Kier molecular flexibility index (Phi) is 6.77. The normalized spacial score (nSPS) is 11.7. The minimum atomic E-state index is -4.47. The maximum Gasteiger partial charge on any atom is 0.433 e. The highest BCUT2D eigenvalue weighted by Gasteiger charge is 2.32. The maximum absolute atomic E-state index is 12.6.